The van der Waals surface area contributed by atoms with Crippen LogP contribution in [0.2, 0.25) is 0 Å². The Hall–Kier alpha value is -3.97. The highest BCUT2D eigenvalue weighted by molar-refractivity contribution is 5.64. The SMILES string of the molecule is Cc1ccc(-n2ncc(N3CCNCC3)c(Oc3ccc(-c4ccc(F)cc4)cc3)c2=O)cc1. The lowest BCUT2D eigenvalue weighted by atomic mass is 10.1. The number of benzene rings is 3. The summed E-state index contributed by atoms with van der Waals surface area (Å²) in [6, 6.07) is 21.4. The highest BCUT2D eigenvalue weighted by atomic mass is 19.1. The summed E-state index contributed by atoms with van der Waals surface area (Å²) in [5.41, 5.74) is 3.98. The number of rotatable bonds is 5. The largest absolute Gasteiger partial charge is 0.449 e. The van der Waals surface area contributed by atoms with Crippen LogP contribution in [0, 0.1) is 12.7 Å². The van der Waals surface area contributed by atoms with Gasteiger partial charge in [-0.3, -0.25) is 4.79 Å². The normalized spacial score (nSPS) is 13.6. The molecular formula is C27H25FN4O2. The first-order valence-electron chi connectivity index (χ1n) is 11.3. The van der Waals surface area contributed by atoms with Crippen molar-refractivity contribution in [3.05, 3.63) is 101 Å². The molecule has 0 spiro atoms. The highest BCUT2D eigenvalue weighted by Crippen LogP contribution is 2.30. The number of nitrogens with zero attached hydrogens (tertiary/aromatic N) is 3. The molecule has 0 radical (unpaired) electrons. The Bertz CT molecular complexity index is 1330. The van der Waals surface area contributed by atoms with Crippen LogP contribution < -0.4 is 20.5 Å². The molecule has 1 aliphatic heterocycles. The van der Waals surface area contributed by atoms with E-state index in [1.165, 1.54) is 16.8 Å². The van der Waals surface area contributed by atoms with E-state index in [4.69, 9.17) is 4.74 Å². The molecule has 1 fully saturated rings. The highest BCUT2D eigenvalue weighted by Gasteiger charge is 2.21. The molecule has 1 N–H and O–H groups in total. The molecule has 34 heavy (non-hydrogen) atoms. The number of aryl methyl sites for hydroxylation is 1. The monoisotopic (exact) mass is 456 g/mol. The molecule has 0 amide bonds. The van der Waals surface area contributed by atoms with E-state index in [2.05, 4.69) is 15.3 Å². The molecule has 0 unspecified atom stereocenters. The third kappa shape index (κ3) is 4.56. The molecule has 4 aromatic rings. The first-order chi connectivity index (χ1) is 16.6. The van der Waals surface area contributed by atoms with Crippen molar-refractivity contribution in [2.24, 2.45) is 0 Å². The number of anilines is 1. The van der Waals surface area contributed by atoms with Crippen LogP contribution >= 0.6 is 0 Å². The molecule has 3 aromatic carbocycles. The predicted octanol–water partition coefficient (Wildman–Crippen LogP) is 4.55. The summed E-state index contributed by atoms with van der Waals surface area (Å²) >= 11 is 0. The topological polar surface area (TPSA) is 59.4 Å². The molecule has 0 atom stereocenters. The smallest absolute Gasteiger partial charge is 0.316 e. The van der Waals surface area contributed by atoms with Crippen molar-refractivity contribution in [1.82, 2.24) is 15.1 Å². The quantitative estimate of drug-likeness (QED) is 0.478. The zero-order chi connectivity index (χ0) is 23.5. The van der Waals surface area contributed by atoms with Gasteiger partial charge >= 0.3 is 5.56 Å². The summed E-state index contributed by atoms with van der Waals surface area (Å²) in [5.74, 6) is 0.514. The maximum Gasteiger partial charge on any atom is 0.316 e. The number of halogens is 1. The average Bonchev–Trinajstić information content (AvgIpc) is 2.87. The molecule has 7 heteroatoms. The summed E-state index contributed by atoms with van der Waals surface area (Å²) in [5, 5.41) is 7.77. The fraction of sp³-hybridized carbons (Fsp3) is 0.185. The zero-order valence-electron chi connectivity index (χ0n) is 18.9. The maximum atomic E-state index is 13.5. The minimum Gasteiger partial charge on any atom is -0.449 e. The van der Waals surface area contributed by atoms with Crippen molar-refractivity contribution in [2.75, 3.05) is 31.1 Å². The van der Waals surface area contributed by atoms with E-state index in [9.17, 15) is 9.18 Å². The van der Waals surface area contributed by atoms with Gasteiger partial charge < -0.3 is 15.0 Å². The molecule has 1 aromatic heterocycles. The van der Waals surface area contributed by atoms with Crippen molar-refractivity contribution in [3.8, 4) is 28.3 Å². The van der Waals surface area contributed by atoms with Gasteiger partial charge in [0.1, 0.15) is 17.3 Å². The first-order valence-corrected chi connectivity index (χ1v) is 11.3. The molecule has 5 rings (SSSR count). The minimum absolute atomic E-state index is 0.243. The van der Waals surface area contributed by atoms with E-state index in [1.54, 1.807) is 18.3 Å². The Morgan fingerprint density at radius 3 is 2.15 bits per heavy atom. The molecule has 1 saturated heterocycles. The summed E-state index contributed by atoms with van der Waals surface area (Å²) in [6.45, 7) is 5.17. The van der Waals surface area contributed by atoms with Crippen LogP contribution in [0.25, 0.3) is 16.8 Å². The van der Waals surface area contributed by atoms with Crippen molar-refractivity contribution < 1.29 is 9.13 Å². The lowest BCUT2D eigenvalue weighted by molar-refractivity contribution is 0.463. The van der Waals surface area contributed by atoms with Crippen LogP contribution in [0.15, 0.2) is 83.8 Å². The number of ether oxygens (including phenoxy) is 1. The second-order valence-electron chi connectivity index (χ2n) is 8.28. The van der Waals surface area contributed by atoms with Crippen LogP contribution in [0.5, 0.6) is 11.5 Å². The Morgan fingerprint density at radius 1 is 0.882 bits per heavy atom. The van der Waals surface area contributed by atoms with E-state index >= 15 is 0 Å². The summed E-state index contributed by atoms with van der Waals surface area (Å²) in [7, 11) is 0. The second kappa shape index (κ2) is 9.49. The Kier molecular flexibility index (Phi) is 6.10. The molecule has 172 valence electrons. The minimum atomic E-state index is -0.317. The van der Waals surface area contributed by atoms with Crippen LogP contribution in [0.1, 0.15) is 5.56 Å². The van der Waals surface area contributed by atoms with Gasteiger partial charge in [-0.2, -0.15) is 9.78 Å². The van der Waals surface area contributed by atoms with E-state index in [-0.39, 0.29) is 17.1 Å². The molecule has 0 aliphatic carbocycles. The van der Waals surface area contributed by atoms with Gasteiger partial charge in [0.15, 0.2) is 0 Å². The molecule has 6 nitrogen and oxygen atoms in total. The fourth-order valence-electron chi connectivity index (χ4n) is 4.00. The van der Waals surface area contributed by atoms with E-state index < -0.39 is 0 Å². The second-order valence-corrected chi connectivity index (χ2v) is 8.28. The molecule has 2 heterocycles. The van der Waals surface area contributed by atoms with Crippen LogP contribution in [0.4, 0.5) is 10.1 Å². The number of aromatic nitrogens is 2. The Labute approximate surface area is 197 Å². The van der Waals surface area contributed by atoms with Gasteiger partial charge in [-0.05, 0) is 54.4 Å². The van der Waals surface area contributed by atoms with Crippen LogP contribution in [-0.4, -0.2) is 36.0 Å². The third-order valence-electron chi connectivity index (χ3n) is 5.90. The van der Waals surface area contributed by atoms with Crippen molar-refractivity contribution in [2.45, 2.75) is 6.92 Å². The van der Waals surface area contributed by atoms with Gasteiger partial charge in [-0.15, -0.1) is 0 Å². The number of nitrogens with one attached hydrogen (secondary N) is 1. The molecule has 1 aliphatic rings. The zero-order valence-corrected chi connectivity index (χ0v) is 18.9. The van der Waals surface area contributed by atoms with Gasteiger partial charge in [0.2, 0.25) is 5.75 Å². The summed E-state index contributed by atoms with van der Waals surface area (Å²) in [4.78, 5) is 15.7. The molecule has 0 bridgehead atoms. The van der Waals surface area contributed by atoms with Crippen molar-refractivity contribution in [3.63, 3.8) is 0 Å². The van der Waals surface area contributed by atoms with E-state index in [0.29, 0.717) is 17.1 Å². The van der Waals surface area contributed by atoms with Gasteiger partial charge in [0.05, 0.1) is 11.9 Å². The van der Waals surface area contributed by atoms with E-state index in [1.807, 2.05) is 55.5 Å². The van der Waals surface area contributed by atoms with Gasteiger partial charge in [0, 0.05) is 26.2 Å². The van der Waals surface area contributed by atoms with Crippen molar-refractivity contribution in [1.29, 1.82) is 0 Å². The van der Waals surface area contributed by atoms with Gasteiger partial charge in [-0.25, -0.2) is 4.39 Å². The number of hydrogen-bond donors (Lipinski definition) is 1. The predicted molar refractivity (Wildman–Crippen MR) is 132 cm³/mol. The Balaban J connectivity index is 1.51. The van der Waals surface area contributed by atoms with Crippen LogP contribution in [0.3, 0.4) is 0 Å². The summed E-state index contributed by atoms with van der Waals surface area (Å²) in [6.07, 6.45) is 1.70. The Morgan fingerprint density at radius 2 is 1.50 bits per heavy atom. The fourth-order valence-corrected chi connectivity index (χ4v) is 4.00. The number of piperazine rings is 1. The maximum absolute atomic E-state index is 13.5. The lowest BCUT2D eigenvalue weighted by Gasteiger charge is -2.30. The third-order valence-corrected chi connectivity index (χ3v) is 5.90. The number of hydrogen-bond acceptors (Lipinski definition) is 5. The van der Waals surface area contributed by atoms with Crippen molar-refractivity contribution >= 4 is 5.69 Å². The standard InChI is InChI=1S/C27H25FN4O2/c1-19-2-10-23(11-3-19)32-27(33)26(25(18-30-32)31-16-14-29-15-17-31)34-24-12-6-21(7-13-24)20-4-8-22(28)9-5-20/h2-13,18,29H,14-17H2,1H3. The lowest BCUT2D eigenvalue weighted by Crippen LogP contribution is -2.44. The average molecular weight is 457 g/mol. The first kappa shape index (κ1) is 21.9. The molecule has 0 saturated carbocycles. The summed E-state index contributed by atoms with van der Waals surface area (Å²) < 4.78 is 20.8. The van der Waals surface area contributed by atoms with Crippen LogP contribution in [-0.2, 0) is 0 Å². The van der Waals surface area contributed by atoms with Gasteiger partial charge in [-0.1, -0.05) is 42.0 Å². The van der Waals surface area contributed by atoms with E-state index in [0.717, 1.165) is 42.9 Å². The molecular weight excluding hydrogens is 431 g/mol. The van der Waals surface area contributed by atoms with Gasteiger partial charge in [0.25, 0.3) is 0 Å².